The number of nitrogens with one attached hydrogen (secondary N) is 1. The molecule has 1 aromatic rings. The predicted molar refractivity (Wildman–Crippen MR) is 86.9 cm³/mol. The van der Waals surface area contributed by atoms with E-state index >= 15 is 0 Å². The van der Waals surface area contributed by atoms with Crippen LogP contribution in [0.15, 0.2) is 24.3 Å². The Morgan fingerprint density at radius 1 is 1.20 bits per heavy atom. The van der Waals surface area contributed by atoms with Gasteiger partial charge in [0.1, 0.15) is 0 Å². The number of benzene rings is 1. The Labute approximate surface area is 124 Å². The molecule has 1 aliphatic heterocycles. The minimum Gasteiger partial charge on any atom is -0.314 e. The second-order valence-electron chi connectivity index (χ2n) is 6.34. The molecule has 0 bridgehead atoms. The summed E-state index contributed by atoms with van der Waals surface area (Å²) in [6, 6.07) is 9.66. The highest BCUT2D eigenvalue weighted by molar-refractivity contribution is 5.21. The predicted octanol–water partition coefficient (Wildman–Crippen LogP) is 3.60. The van der Waals surface area contributed by atoms with E-state index in [1.165, 1.54) is 43.5 Å². The molecule has 1 saturated heterocycles. The molecule has 0 amide bonds. The van der Waals surface area contributed by atoms with Crippen LogP contribution in [0.25, 0.3) is 0 Å². The number of hydrogen-bond acceptors (Lipinski definition) is 2. The third-order valence-corrected chi connectivity index (χ3v) is 4.58. The van der Waals surface area contributed by atoms with Crippen molar-refractivity contribution in [1.29, 1.82) is 0 Å². The van der Waals surface area contributed by atoms with Gasteiger partial charge in [0.2, 0.25) is 0 Å². The van der Waals surface area contributed by atoms with Crippen molar-refractivity contribution in [3.63, 3.8) is 0 Å². The van der Waals surface area contributed by atoms with E-state index < -0.39 is 0 Å². The van der Waals surface area contributed by atoms with Gasteiger partial charge >= 0.3 is 0 Å². The third-order valence-electron chi connectivity index (χ3n) is 4.58. The van der Waals surface area contributed by atoms with E-state index in [0.717, 1.165) is 19.0 Å². The van der Waals surface area contributed by atoms with Gasteiger partial charge in [0.05, 0.1) is 0 Å². The van der Waals surface area contributed by atoms with E-state index in [1.807, 2.05) is 0 Å². The Kier molecular flexibility index (Phi) is 6.06. The minimum absolute atomic E-state index is 0.677. The van der Waals surface area contributed by atoms with Crippen LogP contribution in [0.1, 0.15) is 44.2 Å². The van der Waals surface area contributed by atoms with Crippen molar-refractivity contribution < 1.29 is 0 Å². The first-order chi connectivity index (χ1) is 9.69. The average Bonchev–Trinajstić information content (AvgIpc) is 2.48. The first kappa shape index (κ1) is 15.5. The molecular weight excluding hydrogens is 244 g/mol. The first-order valence-electron chi connectivity index (χ1n) is 8.20. The Bertz CT molecular complexity index is 377. The highest BCUT2D eigenvalue weighted by Gasteiger charge is 2.23. The van der Waals surface area contributed by atoms with Crippen LogP contribution in [0, 0.1) is 12.8 Å². The van der Waals surface area contributed by atoms with Crippen LogP contribution in [-0.2, 0) is 6.54 Å². The molecule has 1 heterocycles. The molecule has 0 aliphatic carbocycles. The maximum atomic E-state index is 3.65. The van der Waals surface area contributed by atoms with Gasteiger partial charge in [0.25, 0.3) is 0 Å². The highest BCUT2D eigenvalue weighted by Crippen LogP contribution is 2.22. The molecular formula is C18H30N2. The van der Waals surface area contributed by atoms with Gasteiger partial charge in [-0.3, -0.25) is 4.90 Å². The number of likely N-dealkylation sites (tertiary alicyclic amines) is 1. The zero-order chi connectivity index (χ0) is 14.4. The summed E-state index contributed by atoms with van der Waals surface area (Å²) in [6.07, 6.45) is 3.91. The average molecular weight is 274 g/mol. The van der Waals surface area contributed by atoms with Crippen LogP contribution in [0.3, 0.4) is 0 Å². The summed E-state index contributed by atoms with van der Waals surface area (Å²) in [5.41, 5.74) is 2.80. The molecule has 0 saturated carbocycles. The fourth-order valence-corrected chi connectivity index (χ4v) is 3.10. The van der Waals surface area contributed by atoms with Gasteiger partial charge in [-0.1, -0.05) is 36.8 Å². The van der Waals surface area contributed by atoms with Gasteiger partial charge in [-0.05, 0) is 64.2 Å². The summed E-state index contributed by atoms with van der Waals surface area (Å²) in [7, 11) is 0. The van der Waals surface area contributed by atoms with Crippen molar-refractivity contribution >= 4 is 0 Å². The summed E-state index contributed by atoms with van der Waals surface area (Å²) in [4.78, 5) is 2.60. The molecule has 20 heavy (non-hydrogen) atoms. The van der Waals surface area contributed by atoms with E-state index in [1.54, 1.807) is 0 Å². The van der Waals surface area contributed by atoms with Gasteiger partial charge in [-0.25, -0.2) is 0 Å². The molecule has 2 nitrogen and oxygen atoms in total. The number of rotatable bonds is 6. The number of piperidine rings is 1. The quantitative estimate of drug-likeness (QED) is 0.853. The van der Waals surface area contributed by atoms with Crippen molar-refractivity contribution in [2.75, 3.05) is 19.6 Å². The summed E-state index contributed by atoms with van der Waals surface area (Å²) < 4.78 is 0. The molecule has 1 unspecified atom stereocenters. The molecule has 2 heteroatoms. The normalized spacial score (nSPS) is 19.1. The van der Waals surface area contributed by atoms with Crippen molar-refractivity contribution in [2.45, 2.75) is 52.6 Å². The fraction of sp³-hybridized carbons (Fsp3) is 0.667. The molecule has 1 fully saturated rings. The molecule has 0 spiro atoms. The lowest BCUT2D eigenvalue weighted by Crippen LogP contribution is -2.41. The maximum Gasteiger partial charge on any atom is 0.0233 e. The van der Waals surface area contributed by atoms with Crippen LogP contribution in [0.5, 0.6) is 0 Å². The largest absolute Gasteiger partial charge is 0.314 e. The molecule has 1 atom stereocenters. The fourth-order valence-electron chi connectivity index (χ4n) is 3.10. The van der Waals surface area contributed by atoms with Gasteiger partial charge in [-0.15, -0.1) is 0 Å². The van der Waals surface area contributed by atoms with E-state index in [4.69, 9.17) is 0 Å². The Morgan fingerprint density at radius 2 is 1.85 bits per heavy atom. The van der Waals surface area contributed by atoms with Gasteiger partial charge < -0.3 is 5.32 Å². The van der Waals surface area contributed by atoms with E-state index in [-0.39, 0.29) is 0 Å². The van der Waals surface area contributed by atoms with Crippen LogP contribution in [-0.4, -0.2) is 30.6 Å². The summed E-state index contributed by atoms with van der Waals surface area (Å²) in [6.45, 7) is 11.5. The molecule has 1 aromatic carbocycles. The topological polar surface area (TPSA) is 15.3 Å². The molecule has 0 aromatic heterocycles. The third kappa shape index (κ3) is 4.60. The monoisotopic (exact) mass is 274 g/mol. The molecule has 112 valence electrons. The number of hydrogen-bond donors (Lipinski definition) is 1. The van der Waals surface area contributed by atoms with E-state index in [0.29, 0.717) is 6.04 Å². The molecule has 1 N–H and O–H groups in total. The number of nitrogens with zero attached hydrogens (tertiary/aromatic N) is 1. The molecule has 2 rings (SSSR count). The first-order valence-corrected chi connectivity index (χ1v) is 8.20. The molecule has 1 aliphatic rings. The summed E-state index contributed by atoms with van der Waals surface area (Å²) in [5, 5.41) is 3.65. The molecule has 0 radical (unpaired) electrons. The zero-order valence-corrected chi connectivity index (χ0v) is 13.4. The second kappa shape index (κ2) is 7.80. The highest BCUT2D eigenvalue weighted by atomic mass is 15.1. The Morgan fingerprint density at radius 3 is 2.45 bits per heavy atom. The van der Waals surface area contributed by atoms with Crippen LogP contribution < -0.4 is 5.32 Å². The minimum atomic E-state index is 0.677. The lowest BCUT2D eigenvalue weighted by atomic mass is 9.90. The zero-order valence-electron chi connectivity index (χ0n) is 13.4. The van der Waals surface area contributed by atoms with Crippen molar-refractivity contribution in [3.05, 3.63) is 35.4 Å². The van der Waals surface area contributed by atoms with Crippen LogP contribution in [0.2, 0.25) is 0 Å². The van der Waals surface area contributed by atoms with E-state index in [9.17, 15) is 0 Å². The van der Waals surface area contributed by atoms with Crippen molar-refractivity contribution in [1.82, 2.24) is 10.2 Å². The van der Waals surface area contributed by atoms with Gasteiger partial charge in [-0.2, -0.15) is 0 Å². The van der Waals surface area contributed by atoms with Crippen LogP contribution in [0.4, 0.5) is 0 Å². The summed E-state index contributed by atoms with van der Waals surface area (Å²) >= 11 is 0. The maximum absolute atomic E-state index is 3.65. The van der Waals surface area contributed by atoms with Crippen molar-refractivity contribution in [3.8, 4) is 0 Å². The second-order valence-corrected chi connectivity index (χ2v) is 6.34. The smallest absolute Gasteiger partial charge is 0.0233 e. The number of aryl methyl sites for hydroxylation is 1. The van der Waals surface area contributed by atoms with Gasteiger partial charge in [0, 0.05) is 12.6 Å². The lowest BCUT2D eigenvalue weighted by Gasteiger charge is -2.35. The standard InChI is InChI=1S/C18H30N2/c1-4-11-19-16(3)18-9-12-20(13-10-18)14-17-7-5-15(2)6-8-17/h5-8,16,18-19H,4,9-14H2,1-3H3. The van der Waals surface area contributed by atoms with Crippen LogP contribution >= 0.6 is 0 Å². The van der Waals surface area contributed by atoms with E-state index in [2.05, 4.69) is 55.3 Å². The lowest BCUT2D eigenvalue weighted by molar-refractivity contribution is 0.156. The van der Waals surface area contributed by atoms with Crippen molar-refractivity contribution in [2.24, 2.45) is 5.92 Å². The van der Waals surface area contributed by atoms with Gasteiger partial charge in [0.15, 0.2) is 0 Å². The summed E-state index contributed by atoms with van der Waals surface area (Å²) in [5.74, 6) is 0.857. The SMILES string of the molecule is CCCNC(C)C1CCN(Cc2ccc(C)cc2)CC1. The Hall–Kier alpha value is -0.860. The Balaban J connectivity index is 1.75.